The minimum absolute atomic E-state index is 0.0472. The minimum Gasteiger partial charge on any atom is -0.497 e. The number of nitro benzene ring substituents is 1. The van der Waals surface area contributed by atoms with Gasteiger partial charge >= 0.3 is 0 Å². The van der Waals surface area contributed by atoms with Gasteiger partial charge in [-0.15, -0.1) is 0 Å². The Kier molecular flexibility index (Phi) is 6.27. The van der Waals surface area contributed by atoms with Crippen molar-refractivity contribution in [2.75, 3.05) is 25.8 Å². The third-order valence-electron chi connectivity index (χ3n) is 5.40. The molecule has 37 heavy (non-hydrogen) atoms. The van der Waals surface area contributed by atoms with Crippen molar-refractivity contribution in [2.24, 2.45) is 0 Å². The lowest BCUT2D eigenvalue weighted by molar-refractivity contribution is -0.384. The van der Waals surface area contributed by atoms with E-state index in [2.05, 4.69) is 5.32 Å². The predicted molar refractivity (Wildman–Crippen MR) is 131 cm³/mol. The second-order valence-electron chi connectivity index (χ2n) is 7.73. The van der Waals surface area contributed by atoms with Crippen LogP contribution in [0.2, 0.25) is 0 Å². The van der Waals surface area contributed by atoms with Crippen LogP contribution in [0.15, 0.2) is 57.9 Å². The molecule has 2 aromatic carbocycles. The molecule has 5 rings (SSSR count). The number of nitrogens with one attached hydrogen (secondary N) is 1. The number of hydrogen-bond donors (Lipinski definition) is 1. The lowest BCUT2D eigenvalue weighted by atomic mass is 10.1. The Morgan fingerprint density at radius 1 is 1.16 bits per heavy atom. The third-order valence-corrected chi connectivity index (χ3v) is 6.31. The molecule has 1 aromatic heterocycles. The number of thioether (sulfide) groups is 1. The molecule has 1 saturated heterocycles. The van der Waals surface area contributed by atoms with E-state index in [1.807, 2.05) is 0 Å². The molecule has 0 saturated carbocycles. The maximum Gasteiger partial charge on any atom is 0.294 e. The highest BCUT2D eigenvalue weighted by molar-refractivity contribution is 8.18. The largest absolute Gasteiger partial charge is 0.497 e. The molecule has 3 aromatic rings. The monoisotopic (exact) mass is 523 g/mol. The fourth-order valence-corrected chi connectivity index (χ4v) is 4.48. The Labute approximate surface area is 212 Å². The zero-order valence-corrected chi connectivity index (χ0v) is 19.9. The van der Waals surface area contributed by atoms with Crippen molar-refractivity contribution in [1.82, 2.24) is 4.90 Å². The van der Waals surface area contributed by atoms with Gasteiger partial charge in [0.25, 0.3) is 16.8 Å². The quantitative estimate of drug-likeness (QED) is 0.270. The van der Waals surface area contributed by atoms with Crippen LogP contribution in [0.25, 0.3) is 17.4 Å². The van der Waals surface area contributed by atoms with Crippen LogP contribution in [-0.4, -0.2) is 47.3 Å². The number of nitro groups is 1. The van der Waals surface area contributed by atoms with Crippen LogP contribution in [0, 0.1) is 10.1 Å². The van der Waals surface area contributed by atoms with Gasteiger partial charge in [-0.3, -0.25) is 29.4 Å². The summed E-state index contributed by atoms with van der Waals surface area (Å²) in [5.74, 6) is 0.511. The lowest BCUT2D eigenvalue weighted by Crippen LogP contribution is -2.36. The third kappa shape index (κ3) is 4.84. The van der Waals surface area contributed by atoms with E-state index in [1.54, 1.807) is 24.3 Å². The highest BCUT2D eigenvalue weighted by Crippen LogP contribution is 2.37. The molecule has 1 N–H and O–H groups in total. The highest BCUT2D eigenvalue weighted by atomic mass is 32.2. The number of ether oxygens (including phenoxy) is 3. The van der Waals surface area contributed by atoms with Gasteiger partial charge in [0, 0.05) is 17.8 Å². The fourth-order valence-electron chi connectivity index (χ4n) is 3.66. The van der Waals surface area contributed by atoms with E-state index in [0.717, 1.165) is 4.90 Å². The summed E-state index contributed by atoms with van der Waals surface area (Å²) in [6.07, 6.45) is 1.35. The molecule has 0 atom stereocenters. The number of benzene rings is 2. The summed E-state index contributed by atoms with van der Waals surface area (Å²) in [7, 11) is 1.40. The molecule has 1 fully saturated rings. The number of carbonyl (C=O) groups excluding carboxylic acids is 3. The van der Waals surface area contributed by atoms with Gasteiger partial charge in [0.05, 0.1) is 28.6 Å². The molecule has 0 radical (unpaired) electrons. The van der Waals surface area contributed by atoms with Gasteiger partial charge in [-0.25, -0.2) is 0 Å². The zero-order valence-electron chi connectivity index (χ0n) is 19.1. The molecule has 3 amide bonds. The first-order valence-electron chi connectivity index (χ1n) is 10.7. The van der Waals surface area contributed by atoms with Crippen molar-refractivity contribution in [3.8, 4) is 28.6 Å². The van der Waals surface area contributed by atoms with E-state index in [0.29, 0.717) is 34.7 Å². The number of fused-ring (bicyclic) bond motifs is 1. The first-order chi connectivity index (χ1) is 17.8. The number of nitrogens with zero attached hydrogens (tertiary/aromatic N) is 2. The smallest absolute Gasteiger partial charge is 0.294 e. The summed E-state index contributed by atoms with van der Waals surface area (Å²) in [6.45, 7) is -0.401. The molecule has 2 aliphatic rings. The number of methoxy groups -OCH3 is 1. The zero-order chi connectivity index (χ0) is 26.1. The van der Waals surface area contributed by atoms with Crippen LogP contribution in [0.3, 0.4) is 0 Å². The second-order valence-corrected chi connectivity index (χ2v) is 8.72. The van der Waals surface area contributed by atoms with E-state index >= 15 is 0 Å². The molecule has 0 spiro atoms. The molecule has 2 aliphatic heterocycles. The van der Waals surface area contributed by atoms with Gasteiger partial charge in [0.15, 0.2) is 11.5 Å². The summed E-state index contributed by atoms with van der Waals surface area (Å²) >= 11 is 0.657. The van der Waals surface area contributed by atoms with Crippen molar-refractivity contribution in [3.63, 3.8) is 0 Å². The number of furan rings is 1. The topological polar surface area (TPSA) is 150 Å². The first kappa shape index (κ1) is 23.9. The standard InChI is InChI=1S/C24H17N3O9S/c1-33-14-3-5-16(17(9-14)27(31)32)18-7-4-15(36-18)10-21-23(29)26(24(30)37-21)11-22(28)25-13-2-6-19-20(8-13)35-12-34-19/h2-10H,11-12H2,1H3,(H,25,28)/b21-10+. The van der Waals surface area contributed by atoms with Gasteiger partial charge in [-0.2, -0.15) is 0 Å². The number of rotatable bonds is 7. The highest BCUT2D eigenvalue weighted by Gasteiger charge is 2.36. The van der Waals surface area contributed by atoms with E-state index in [-0.39, 0.29) is 34.5 Å². The lowest BCUT2D eigenvalue weighted by Gasteiger charge is -2.12. The SMILES string of the molecule is COc1ccc(-c2ccc(/C=C3/SC(=O)N(CC(=O)Nc4ccc5c(c4)OCO5)C3=O)o2)c([N+](=O)[O-])c1. The van der Waals surface area contributed by atoms with Gasteiger partial charge in [-0.05, 0) is 48.2 Å². The van der Waals surface area contributed by atoms with Gasteiger partial charge in [0.1, 0.15) is 23.8 Å². The Morgan fingerprint density at radius 3 is 2.76 bits per heavy atom. The normalized spacial score (nSPS) is 15.4. The molecule has 0 aliphatic carbocycles. The maximum atomic E-state index is 12.8. The number of amides is 3. The van der Waals surface area contributed by atoms with Crippen molar-refractivity contribution in [3.05, 3.63) is 69.3 Å². The molecule has 0 unspecified atom stereocenters. The van der Waals surface area contributed by atoms with Crippen LogP contribution in [0.1, 0.15) is 5.76 Å². The average molecular weight is 523 g/mol. The minimum atomic E-state index is -0.663. The Morgan fingerprint density at radius 2 is 1.97 bits per heavy atom. The van der Waals surface area contributed by atoms with Crippen molar-refractivity contribution >= 4 is 46.3 Å². The summed E-state index contributed by atoms with van der Waals surface area (Å²) in [4.78, 5) is 49.5. The maximum absolute atomic E-state index is 12.8. The number of carbonyl (C=O) groups is 3. The van der Waals surface area contributed by atoms with E-state index in [4.69, 9.17) is 18.6 Å². The van der Waals surface area contributed by atoms with Crippen LogP contribution < -0.4 is 19.5 Å². The average Bonchev–Trinajstić information content (AvgIpc) is 3.60. The number of anilines is 1. The van der Waals surface area contributed by atoms with Crippen molar-refractivity contribution < 1.29 is 37.9 Å². The number of hydrogen-bond acceptors (Lipinski definition) is 10. The van der Waals surface area contributed by atoms with Crippen molar-refractivity contribution in [1.29, 1.82) is 0 Å². The number of imide groups is 1. The van der Waals surface area contributed by atoms with Crippen LogP contribution >= 0.6 is 11.8 Å². The second kappa shape index (κ2) is 9.70. The molecular weight excluding hydrogens is 506 g/mol. The van der Waals surface area contributed by atoms with Gasteiger partial charge < -0.3 is 23.9 Å². The molecule has 13 heteroatoms. The molecule has 3 heterocycles. The van der Waals surface area contributed by atoms with Crippen LogP contribution in [-0.2, 0) is 9.59 Å². The first-order valence-corrected chi connectivity index (χ1v) is 11.5. The van der Waals surface area contributed by atoms with Gasteiger partial charge in [-0.1, -0.05) is 0 Å². The predicted octanol–water partition coefficient (Wildman–Crippen LogP) is 4.27. The molecule has 0 bridgehead atoms. The summed E-state index contributed by atoms with van der Waals surface area (Å²) < 4.78 is 21.2. The van der Waals surface area contributed by atoms with E-state index < -0.39 is 28.5 Å². The molecular formula is C24H17N3O9S. The van der Waals surface area contributed by atoms with E-state index in [9.17, 15) is 24.5 Å². The van der Waals surface area contributed by atoms with Crippen molar-refractivity contribution in [2.45, 2.75) is 0 Å². The summed E-state index contributed by atoms with van der Waals surface area (Å²) in [5.41, 5.74) is 0.431. The summed E-state index contributed by atoms with van der Waals surface area (Å²) in [6, 6.07) is 12.2. The summed E-state index contributed by atoms with van der Waals surface area (Å²) in [5, 5.41) is 13.5. The Balaban J connectivity index is 1.29. The fraction of sp³-hybridized carbons (Fsp3) is 0.125. The van der Waals surface area contributed by atoms with Gasteiger partial charge in [0.2, 0.25) is 12.7 Å². The molecule has 12 nitrogen and oxygen atoms in total. The Bertz CT molecular complexity index is 1480. The van der Waals surface area contributed by atoms with E-state index in [1.165, 1.54) is 37.5 Å². The molecule has 188 valence electrons. The Hall–Kier alpha value is -4.78. The van der Waals surface area contributed by atoms with Crippen LogP contribution in [0.5, 0.6) is 17.2 Å². The van der Waals surface area contributed by atoms with Crippen LogP contribution in [0.4, 0.5) is 16.2 Å².